The zero-order valence-electron chi connectivity index (χ0n) is 13.3. The van der Waals surface area contributed by atoms with Gasteiger partial charge in [0.1, 0.15) is 0 Å². The maximum Gasteiger partial charge on any atom is 0.320 e. The molecule has 1 N–H and O–H groups in total. The summed E-state index contributed by atoms with van der Waals surface area (Å²) in [7, 11) is 0. The first-order valence-electron chi connectivity index (χ1n) is 8.33. The summed E-state index contributed by atoms with van der Waals surface area (Å²) in [6.45, 7) is 6.10. The topological polar surface area (TPSA) is 60.9 Å². The number of hydrogen-bond donors (Lipinski definition) is 1. The Morgan fingerprint density at radius 1 is 1.19 bits per heavy atom. The van der Waals surface area contributed by atoms with E-state index in [0.29, 0.717) is 38.4 Å². The van der Waals surface area contributed by atoms with Gasteiger partial charge < -0.3 is 14.9 Å². The quantitative estimate of drug-likeness (QED) is 0.819. The molecular weight excluding hydrogens is 268 g/mol. The number of carboxylic acid groups (broad SMARTS) is 1. The molecule has 2 amide bonds. The molecule has 0 aromatic heterocycles. The number of hydrogen-bond acceptors (Lipinski definition) is 2. The minimum Gasteiger partial charge on any atom is -0.481 e. The molecule has 0 aromatic rings. The Bertz CT molecular complexity index is 385. The van der Waals surface area contributed by atoms with Crippen LogP contribution in [-0.4, -0.2) is 52.6 Å². The van der Waals surface area contributed by atoms with Gasteiger partial charge in [-0.3, -0.25) is 4.79 Å². The van der Waals surface area contributed by atoms with Gasteiger partial charge >= 0.3 is 12.0 Å². The van der Waals surface area contributed by atoms with Crippen LogP contribution in [0.1, 0.15) is 58.8 Å². The van der Waals surface area contributed by atoms with E-state index in [9.17, 15) is 14.7 Å². The van der Waals surface area contributed by atoms with Crippen molar-refractivity contribution in [2.45, 2.75) is 64.8 Å². The first kappa shape index (κ1) is 16.1. The number of aliphatic carboxylic acids is 1. The fourth-order valence-electron chi connectivity index (χ4n) is 3.42. The van der Waals surface area contributed by atoms with Crippen molar-refractivity contribution in [3.8, 4) is 0 Å². The van der Waals surface area contributed by atoms with Crippen LogP contribution in [0, 0.1) is 5.41 Å². The zero-order valence-corrected chi connectivity index (χ0v) is 13.3. The Kier molecular flexibility index (Phi) is 5.12. The third-order valence-corrected chi connectivity index (χ3v) is 4.87. The first-order valence-corrected chi connectivity index (χ1v) is 8.33. The first-order chi connectivity index (χ1) is 10.0. The molecule has 2 rings (SSSR count). The molecule has 5 nitrogen and oxygen atoms in total. The Morgan fingerprint density at radius 2 is 1.81 bits per heavy atom. The van der Waals surface area contributed by atoms with E-state index >= 15 is 0 Å². The van der Waals surface area contributed by atoms with E-state index in [1.54, 1.807) is 0 Å². The van der Waals surface area contributed by atoms with Crippen LogP contribution >= 0.6 is 0 Å². The minimum atomic E-state index is -0.691. The second kappa shape index (κ2) is 6.67. The predicted molar refractivity (Wildman–Crippen MR) is 81.2 cm³/mol. The van der Waals surface area contributed by atoms with Gasteiger partial charge in [0.25, 0.3) is 0 Å². The lowest BCUT2D eigenvalue weighted by Crippen LogP contribution is -2.51. The molecule has 1 saturated heterocycles. The van der Waals surface area contributed by atoms with E-state index in [4.69, 9.17) is 0 Å². The van der Waals surface area contributed by atoms with Crippen LogP contribution in [0.3, 0.4) is 0 Å². The number of piperidine rings is 1. The number of amides is 2. The molecule has 0 spiro atoms. The highest BCUT2D eigenvalue weighted by molar-refractivity contribution is 5.77. The number of carboxylic acids is 1. The summed E-state index contributed by atoms with van der Waals surface area (Å²) in [4.78, 5) is 28.1. The monoisotopic (exact) mass is 296 g/mol. The number of urea groups is 1. The van der Waals surface area contributed by atoms with Crippen LogP contribution in [-0.2, 0) is 4.79 Å². The molecule has 1 aliphatic carbocycles. The summed E-state index contributed by atoms with van der Waals surface area (Å²) in [6.07, 6.45) is 5.99. The summed E-state index contributed by atoms with van der Waals surface area (Å²) in [5, 5.41) is 9.52. The third kappa shape index (κ3) is 3.50. The van der Waals surface area contributed by atoms with Crippen molar-refractivity contribution in [3.63, 3.8) is 0 Å². The van der Waals surface area contributed by atoms with Crippen molar-refractivity contribution in [2.75, 3.05) is 19.6 Å². The molecule has 1 heterocycles. The molecule has 0 aromatic carbocycles. The molecule has 1 saturated carbocycles. The average molecular weight is 296 g/mol. The summed E-state index contributed by atoms with van der Waals surface area (Å²) >= 11 is 0. The van der Waals surface area contributed by atoms with Crippen molar-refractivity contribution < 1.29 is 14.7 Å². The Labute approximate surface area is 127 Å². The van der Waals surface area contributed by atoms with Crippen molar-refractivity contribution >= 4 is 12.0 Å². The van der Waals surface area contributed by atoms with Crippen LogP contribution in [0.5, 0.6) is 0 Å². The molecular formula is C16H28N2O3. The zero-order chi connectivity index (χ0) is 15.5. The molecule has 0 bridgehead atoms. The normalized spacial score (nSPS) is 21.1. The van der Waals surface area contributed by atoms with Crippen LogP contribution in [0.15, 0.2) is 0 Å². The van der Waals surface area contributed by atoms with Crippen LogP contribution in [0.2, 0.25) is 0 Å². The van der Waals surface area contributed by atoms with Gasteiger partial charge in [0.05, 0.1) is 5.41 Å². The summed E-state index contributed by atoms with van der Waals surface area (Å²) in [6, 6.07) is 0.550. The standard InChI is InChI=1S/C16H28N2O3/c1-3-7-16(14(19)20)8-11-17(12-9-16)15(21)18(10-4-2)13-5-6-13/h13H,3-12H2,1-2H3,(H,19,20). The van der Waals surface area contributed by atoms with Gasteiger partial charge in [0, 0.05) is 25.7 Å². The Morgan fingerprint density at radius 3 is 2.24 bits per heavy atom. The lowest BCUT2D eigenvalue weighted by molar-refractivity contribution is -0.152. The van der Waals surface area contributed by atoms with E-state index in [0.717, 1.165) is 32.2 Å². The van der Waals surface area contributed by atoms with Gasteiger partial charge in [0.2, 0.25) is 0 Å². The van der Waals surface area contributed by atoms with Gasteiger partial charge in [-0.25, -0.2) is 4.79 Å². The molecule has 0 unspecified atom stereocenters. The highest BCUT2D eigenvalue weighted by Crippen LogP contribution is 2.37. The number of rotatable bonds is 6. The van der Waals surface area contributed by atoms with Gasteiger partial charge in [0.15, 0.2) is 0 Å². The van der Waals surface area contributed by atoms with Crippen molar-refractivity contribution in [1.29, 1.82) is 0 Å². The van der Waals surface area contributed by atoms with E-state index < -0.39 is 11.4 Å². The summed E-state index contributed by atoms with van der Waals surface area (Å²) in [5.74, 6) is -0.691. The maximum atomic E-state index is 12.6. The Balaban J connectivity index is 1.95. The van der Waals surface area contributed by atoms with Gasteiger partial charge in [-0.2, -0.15) is 0 Å². The molecule has 21 heavy (non-hydrogen) atoms. The second-order valence-electron chi connectivity index (χ2n) is 6.53. The highest BCUT2D eigenvalue weighted by atomic mass is 16.4. The molecule has 120 valence electrons. The average Bonchev–Trinajstić information content (AvgIpc) is 3.29. The van der Waals surface area contributed by atoms with Crippen LogP contribution in [0.4, 0.5) is 4.79 Å². The molecule has 0 atom stereocenters. The predicted octanol–water partition coefficient (Wildman–Crippen LogP) is 2.95. The van der Waals surface area contributed by atoms with Crippen LogP contribution < -0.4 is 0 Å². The SMILES string of the molecule is CCCN(C(=O)N1CCC(CCC)(C(=O)O)CC1)C1CC1. The van der Waals surface area contributed by atoms with Gasteiger partial charge in [-0.1, -0.05) is 20.3 Å². The highest BCUT2D eigenvalue weighted by Gasteiger charge is 2.43. The minimum absolute atomic E-state index is 0.120. The fourth-order valence-corrected chi connectivity index (χ4v) is 3.42. The number of carbonyl (C=O) groups is 2. The number of nitrogens with zero attached hydrogens (tertiary/aromatic N) is 2. The van der Waals surface area contributed by atoms with Crippen LogP contribution in [0.25, 0.3) is 0 Å². The maximum absolute atomic E-state index is 12.6. The number of likely N-dealkylation sites (tertiary alicyclic amines) is 1. The summed E-state index contributed by atoms with van der Waals surface area (Å²) < 4.78 is 0. The molecule has 1 aliphatic heterocycles. The Hall–Kier alpha value is -1.26. The molecule has 2 aliphatic rings. The van der Waals surface area contributed by atoms with E-state index in [1.165, 1.54) is 0 Å². The smallest absolute Gasteiger partial charge is 0.320 e. The fraction of sp³-hybridized carbons (Fsp3) is 0.875. The summed E-state index contributed by atoms with van der Waals surface area (Å²) in [5.41, 5.74) is -0.610. The second-order valence-corrected chi connectivity index (χ2v) is 6.53. The molecule has 0 radical (unpaired) electrons. The van der Waals surface area contributed by atoms with E-state index in [-0.39, 0.29) is 6.03 Å². The van der Waals surface area contributed by atoms with E-state index in [1.807, 2.05) is 16.7 Å². The van der Waals surface area contributed by atoms with Gasteiger partial charge in [-0.15, -0.1) is 0 Å². The van der Waals surface area contributed by atoms with Gasteiger partial charge in [-0.05, 0) is 38.5 Å². The molecule has 2 fully saturated rings. The number of carbonyl (C=O) groups excluding carboxylic acids is 1. The lowest BCUT2D eigenvalue weighted by Gasteiger charge is -2.40. The van der Waals surface area contributed by atoms with Crippen molar-refractivity contribution in [1.82, 2.24) is 9.80 Å². The third-order valence-electron chi connectivity index (χ3n) is 4.87. The molecule has 5 heteroatoms. The van der Waals surface area contributed by atoms with Crippen molar-refractivity contribution in [3.05, 3.63) is 0 Å². The van der Waals surface area contributed by atoms with Crippen molar-refractivity contribution in [2.24, 2.45) is 5.41 Å². The van der Waals surface area contributed by atoms with E-state index in [2.05, 4.69) is 6.92 Å². The lowest BCUT2D eigenvalue weighted by atomic mass is 9.75. The largest absolute Gasteiger partial charge is 0.481 e.